The molecule has 0 saturated carbocycles. The lowest BCUT2D eigenvalue weighted by Crippen LogP contribution is -2.54. The number of aliphatic hydroxyl groups is 1. The summed E-state index contributed by atoms with van der Waals surface area (Å²) < 4.78 is 5.91. The number of hydrogen-bond donors (Lipinski definition) is 3. The lowest BCUT2D eigenvalue weighted by molar-refractivity contribution is -0.142. The first-order valence-corrected chi connectivity index (χ1v) is 10.7. The molecule has 2 amide bonds. The molecule has 1 atom stereocenters. The molecule has 7 heteroatoms. The SMILES string of the molecule is N[C@H](CO)C(=O)N1CCC2(CCCCCc3ccccc3OCCNC2=O)CC1. The van der Waals surface area contributed by atoms with Gasteiger partial charge in [-0.1, -0.05) is 31.0 Å². The number of aryl methyl sites for hydroxylation is 1. The summed E-state index contributed by atoms with van der Waals surface area (Å²) in [5.41, 5.74) is 6.46. The van der Waals surface area contributed by atoms with Crippen molar-refractivity contribution in [2.24, 2.45) is 11.1 Å². The van der Waals surface area contributed by atoms with E-state index in [1.807, 2.05) is 18.2 Å². The Morgan fingerprint density at radius 2 is 1.97 bits per heavy atom. The zero-order chi connectivity index (χ0) is 20.7. The third-order valence-corrected chi connectivity index (χ3v) is 6.25. The fraction of sp³-hybridized carbons (Fsp3) is 0.636. The van der Waals surface area contributed by atoms with E-state index in [1.165, 1.54) is 5.56 Å². The number of rotatable bonds is 2. The van der Waals surface area contributed by atoms with Crippen LogP contribution in [0.5, 0.6) is 5.75 Å². The Kier molecular flexibility index (Phi) is 7.50. The molecule has 2 aliphatic rings. The molecule has 7 nitrogen and oxygen atoms in total. The van der Waals surface area contributed by atoms with Crippen LogP contribution in [0.4, 0.5) is 0 Å². The maximum atomic E-state index is 13.1. The zero-order valence-corrected chi connectivity index (χ0v) is 17.1. The number of piperidine rings is 1. The van der Waals surface area contributed by atoms with Crippen molar-refractivity contribution in [2.75, 3.05) is 32.8 Å². The van der Waals surface area contributed by atoms with Crippen LogP contribution in [0.25, 0.3) is 0 Å². The Morgan fingerprint density at radius 1 is 1.21 bits per heavy atom. The van der Waals surface area contributed by atoms with Gasteiger partial charge < -0.3 is 25.8 Å². The van der Waals surface area contributed by atoms with Gasteiger partial charge in [-0.15, -0.1) is 0 Å². The average Bonchev–Trinajstić information content (AvgIpc) is 2.77. The molecule has 3 rings (SSSR count). The van der Waals surface area contributed by atoms with Crippen molar-refractivity contribution >= 4 is 11.8 Å². The largest absolute Gasteiger partial charge is 0.491 e. The number of para-hydroxylation sites is 1. The number of carbonyl (C=O) groups excluding carboxylic acids is 2. The second-order valence-corrected chi connectivity index (χ2v) is 8.17. The monoisotopic (exact) mass is 403 g/mol. The highest BCUT2D eigenvalue weighted by atomic mass is 16.5. The van der Waals surface area contributed by atoms with Crippen LogP contribution in [0.3, 0.4) is 0 Å². The Hall–Kier alpha value is -2.12. The van der Waals surface area contributed by atoms with E-state index < -0.39 is 11.5 Å². The Morgan fingerprint density at radius 3 is 2.72 bits per heavy atom. The summed E-state index contributed by atoms with van der Waals surface area (Å²) in [5, 5.41) is 12.2. The van der Waals surface area contributed by atoms with Gasteiger partial charge in [0, 0.05) is 13.1 Å². The van der Waals surface area contributed by atoms with Crippen LogP contribution in [-0.2, 0) is 16.0 Å². The van der Waals surface area contributed by atoms with Gasteiger partial charge in [-0.2, -0.15) is 0 Å². The van der Waals surface area contributed by atoms with Gasteiger partial charge in [-0.3, -0.25) is 9.59 Å². The van der Waals surface area contributed by atoms with Crippen molar-refractivity contribution in [1.82, 2.24) is 10.2 Å². The van der Waals surface area contributed by atoms with Gasteiger partial charge in [-0.05, 0) is 43.7 Å². The van der Waals surface area contributed by atoms with Crippen LogP contribution >= 0.6 is 0 Å². The van der Waals surface area contributed by atoms with Crippen LogP contribution in [0.1, 0.15) is 44.1 Å². The number of likely N-dealkylation sites (tertiary alicyclic amines) is 1. The Labute approximate surface area is 172 Å². The van der Waals surface area contributed by atoms with Gasteiger partial charge in [0.1, 0.15) is 18.4 Å². The van der Waals surface area contributed by atoms with Gasteiger partial charge in [0.25, 0.3) is 0 Å². The molecule has 2 aliphatic heterocycles. The maximum Gasteiger partial charge on any atom is 0.241 e. The Balaban J connectivity index is 1.63. The van der Waals surface area contributed by atoms with E-state index in [9.17, 15) is 9.59 Å². The molecule has 0 unspecified atom stereocenters. The van der Waals surface area contributed by atoms with Gasteiger partial charge in [0.05, 0.1) is 18.6 Å². The highest BCUT2D eigenvalue weighted by Crippen LogP contribution is 2.37. The fourth-order valence-corrected chi connectivity index (χ4v) is 4.38. The minimum atomic E-state index is -0.878. The molecule has 2 heterocycles. The van der Waals surface area contributed by atoms with E-state index in [4.69, 9.17) is 15.6 Å². The van der Waals surface area contributed by atoms with Gasteiger partial charge in [0.15, 0.2) is 0 Å². The summed E-state index contributed by atoms with van der Waals surface area (Å²) in [5.74, 6) is 0.730. The molecule has 160 valence electrons. The summed E-state index contributed by atoms with van der Waals surface area (Å²) in [6.07, 6.45) is 6.17. The van der Waals surface area contributed by atoms with Gasteiger partial charge >= 0.3 is 0 Å². The average molecular weight is 404 g/mol. The van der Waals surface area contributed by atoms with Crippen LogP contribution in [0.2, 0.25) is 0 Å². The number of nitrogens with zero attached hydrogens (tertiary/aromatic N) is 1. The first kappa shape index (κ1) is 21.6. The van der Waals surface area contributed by atoms with Crippen LogP contribution in [-0.4, -0.2) is 60.7 Å². The summed E-state index contributed by atoms with van der Waals surface area (Å²) >= 11 is 0. The highest BCUT2D eigenvalue weighted by molar-refractivity contribution is 5.84. The lowest BCUT2D eigenvalue weighted by atomic mass is 9.73. The van der Waals surface area contributed by atoms with Crippen molar-refractivity contribution in [1.29, 1.82) is 0 Å². The molecule has 29 heavy (non-hydrogen) atoms. The number of nitrogens with two attached hydrogens (primary N) is 1. The molecule has 0 aromatic heterocycles. The predicted octanol–water partition coefficient (Wildman–Crippen LogP) is 1.23. The number of aliphatic hydroxyl groups excluding tert-OH is 1. The van der Waals surface area contributed by atoms with Crippen LogP contribution < -0.4 is 15.8 Å². The number of nitrogens with one attached hydrogen (secondary N) is 1. The molecule has 0 bridgehead atoms. The summed E-state index contributed by atoms with van der Waals surface area (Å²) in [6.45, 7) is 1.55. The summed E-state index contributed by atoms with van der Waals surface area (Å²) in [7, 11) is 0. The first-order valence-electron chi connectivity index (χ1n) is 10.7. The zero-order valence-electron chi connectivity index (χ0n) is 17.1. The first-order chi connectivity index (χ1) is 14.1. The molecule has 0 aliphatic carbocycles. The predicted molar refractivity (Wildman–Crippen MR) is 110 cm³/mol. The number of ether oxygens (including phenoxy) is 1. The lowest BCUT2D eigenvalue weighted by Gasteiger charge is -2.41. The van der Waals surface area contributed by atoms with Crippen molar-refractivity contribution in [3.63, 3.8) is 0 Å². The molecular weight excluding hydrogens is 370 g/mol. The quantitative estimate of drug-likeness (QED) is 0.689. The Bertz CT molecular complexity index is 701. The third-order valence-electron chi connectivity index (χ3n) is 6.25. The summed E-state index contributed by atoms with van der Waals surface area (Å²) in [6, 6.07) is 7.23. The van der Waals surface area contributed by atoms with Crippen molar-refractivity contribution < 1.29 is 19.4 Å². The van der Waals surface area contributed by atoms with E-state index in [0.29, 0.717) is 39.1 Å². The number of carbonyl (C=O) groups is 2. The number of benzene rings is 1. The molecule has 4 N–H and O–H groups in total. The topological polar surface area (TPSA) is 105 Å². The molecular formula is C22H33N3O4. The molecule has 1 fully saturated rings. The molecule has 1 saturated heterocycles. The second kappa shape index (κ2) is 10.1. The normalized spacial score (nSPS) is 21.6. The van der Waals surface area contributed by atoms with Crippen LogP contribution in [0.15, 0.2) is 24.3 Å². The summed E-state index contributed by atoms with van der Waals surface area (Å²) in [4.78, 5) is 27.0. The molecule has 0 radical (unpaired) electrons. The van der Waals surface area contributed by atoms with E-state index in [-0.39, 0.29) is 18.4 Å². The molecule has 1 spiro atoms. The van der Waals surface area contributed by atoms with E-state index in [0.717, 1.165) is 37.9 Å². The standard InChI is InChI=1S/C22H33N3O4/c23-18(16-26)20(27)25-13-10-22(11-14-25)9-5-1-2-6-17-7-3-4-8-19(17)29-15-12-24-21(22)28/h3-4,7-8,18,26H,1-2,5-6,9-16,23H2,(H,24,28)/t18-/m1/s1. The number of hydrogen-bond acceptors (Lipinski definition) is 5. The maximum absolute atomic E-state index is 13.1. The van der Waals surface area contributed by atoms with E-state index in [1.54, 1.807) is 4.90 Å². The van der Waals surface area contributed by atoms with E-state index in [2.05, 4.69) is 11.4 Å². The highest BCUT2D eigenvalue weighted by Gasteiger charge is 2.42. The minimum Gasteiger partial charge on any atom is -0.491 e. The third kappa shape index (κ3) is 5.28. The number of amides is 2. The van der Waals surface area contributed by atoms with Crippen molar-refractivity contribution in [2.45, 2.75) is 51.0 Å². The molecule has 1 aromatic rings. The fourth-order valence-electron chi connectivity index (χ4n) is 4.38. The van der Waals surface area contributed by atoms with Crippen LogP contribution in [0, 0.1) is 5.41 Å². The smallest absolute Gasteiger partial charge is 0.241 e. The van der Waals surface area contributed by atoms with Gasteiger partial charge in [-0.25, -0.2) is 0 Å². The van der Waals surface area contributed by atoms with Crippen molar-refractivity contribution in [3.8, 4) is 5.75 Å². The molecule has 1 aromatic carbocycles. The second-order valence-electron chi connectivity index (χ2n) is 8.17. The van der Waals surface area contributed by atoms with Gasteiger partial charge in [0.2, 0.25) is 11.8 Å². The van der Waals surface area contributed by atoms with Crippen molar-refractivity contribution in [3.05, 3.63) is 29.8 Å². The minimum absolute atomic E-state index is 0.0622. The van der Waals surface area contributed by atoms with E-state index >= 15 is 0 Å². The number of fused-ring (bicyclic) bond motifs is 1.